The van der Waals surface area contributed by atoms with Crippen molar-refractivity contribution >= 4 is 27.9 Å². The summed E-state index contributed by atoms with van der Waals surface area (Å²) >= 11 is 3.09. The molecule has 0 unspecified atom stereocenters. The summed E-state index contributed by atoms with van der Waals surface area (Å²) in [5.74, 6) is -1.40. The smallest absolute Gasteiger partial charge is 0.259 e. The molecule has 0 radical (unpaired) electrons. The highest BCUT2D eigenvalue weighted by molar-refractivity contribution is 9.10. The van der Waals surface area contributed by atoms with Crippen LogP contribution in [0.25, 0.3) is 6.08 Å². The first-order valence-electron chi connectivity index (χ1n) is 3.91. The summed E-state index contributed by atoms with van der Waals surface area (Å²) in [7, 11) is 0. The zero-order chi connectivity index (χ0) is 11.4. The van der Waals surface area contributed by atoms with Crippen LogP contribution in [0.4, 0.5) is 4.39 Å². The van der Waals surface area contributed by atoms with Crippen molar-refractivity contribution in [2.24, 2.45) is 5.73 Å². The largest absolute Gasteiger partial charge is 0.365 e. The second-order valence-electron chi connectivity index (χ2n) is 2.70. The number of hydrogen-bond donors (Lipinski definition) is 1. The van der Waals surface area contributed by atoms with Crippen molar-refractivity contribution in [2.45, 2.75) is 0 Å². The van der Waals surface area contributed by atoms with Crippen LogP contribution in [0.1, 0.15) is 5.56 Å². The van der Waals surface area contributed by atoms with Crippen LogP contribution < -0.4 is 5.73 Å². The number of nitriles is 1. The van der Waals surface area contributed by atoms with Gasteiger partial charge in [-0.15, -0.1) is 0 Å². The number of halogens is 2. The second kappa shape index (κ2) is 4.71. The number of rotatable bonds is 2. The van der Waals surface area contributed by atoms with Crippen LogP contribution >= 0.6 is 15.9 Å². The molecular formula is C10H6BrFN2O. The first-order valence-corrected chi connectivity index (χ1v) is 4.70. The number of hydrogen-bond acceptors (Lipinski definition) is 2. The molecule has 1 amide bonds. The molecule has 1 aromatic rings. The van der Waals surface area contributed by atoms with Gasteiger partial charge < -0.3 is 5.73 Å². The Morgan fingerprint density at radius 3 is 2.73 bits per heavy atom. The molecule has 0 saturated carbocycles. The number of nitrogens with zero attached hydrogens (tertiary/aromatic N) is 1. The Bertz CT molecular complexity index is 477. The molecule has 0 aliphatic heterocycles. The van der Waals surface area contributed by atoms with Crippen LogP contribution in [0.2, 0.25) is 0 Å². The molecule has 0 aliphatic carbocycles. The molecule has 0 heterocycles. The number of primary amides is 1. The van der Waals surface area contributed by atoms with E-state index in [2.05, 4.69) is 15.9 Å². The van der Waals surface area contributed by atoms with E-state index in [1.807, 2.05) is 0 Å². The molecule has 0 bridgehead atoms. The first-order chi connectivity index (χ1) is 7.04. The highest BCUT2D eigenvalue weighted by atomic mass is 79.9. The molecule has 1 aromatic carbocycles. The highest BCUT2D eigenvalue weighted by Gasteiger charge is 2.06. The molecule has 0 aliphatic rings. The molecule has 0 aromatic heterocycles. The molecule has 0 spiro atoms. The molecule has 0 saturated heterocycles. The van der Waals surface area contributed by atoms with E-state index in [-0.39, 0.29) is 11.1 Å². The van der Waals surface area contributed by atoms with Crippen molar-refractivity contribution in [1.82, 2.24) is 0 Å². The summed E-state index contributed by atoms with van der Waals surface area (Å²) in [6.07, 6.45) is 1.12. The van der Waals surface area contributed by atoms with E-state index in [1.165, 1.54) is 12.1 Å². The fraction of sp³-hybridized carbons (Fsp3) is 0. The van der Waals surface area contributed by atoms with Gasteiger partial charge in [-0.2, -0.15) is 5.26 Å². The van der Waals surface area contributed by atoms with Gasteiger partial charge in [0.05, 0.1) is 0 Å². The fourth-order valence-electron chi connectivity index (χ4n) is 0.933. The lowest BCUT2D eigenvalue weighted by atomic mass is 10.1. The molecule has 15 heavy (non-hydrogen) atoms. The summed E-state index contributed by atoms with van der Waals surface area (Å²) < 4.78 is 13.9. The number of nitrogens with two attached hydrogens (primary N) is 1. The summed E-state index contributed by atoms with van der Waals surface area (Å²) in [4.78, 5) is 10.7. The molecular weight excluding hydrogens is 263 g/mol. The third kappa shape index (κ3) is 2.89. The lowest BCUT2D eigenvalue weighted by Crippen LogP contribution is -2.12. The van der Waals surface area contributed by atoms with E-state index in [9.17, 15) is 9.18 Å². The van der Waals surface area contributed by atoms with E-state index in [4.69, 9.17) is 11.0 Å². The average Bonchev–Trinajstić information content (AvgIpc) is 2.16. The van der Waals surface area contributed by atoms with Crippen molar-refractivity contribution in [2.75, 3.05) is 0 Å². The van der Waals surface area contributed by atoms with Crippen molar-refractivity contribution in [3.8, 4) is 6.07 Å². The van der Waals surface area contributed by atoms with Crippen molar-refractivity contribution < 1.29 is 9.18 Å². The number of carbonyl (C=O) groups is 1. The summed E-state index contributed by atoms with van der Waals surface area (Å²) in [5.41, 5.74) is 4.78. The van der Waals surface area contributed by atoms with Gasteiger partial charge in [-0.25, -0.2) is 4.39 Å². The van der Waals surface area contributed by atoms with E-state index in [0.717, 1.165) is 6.08 Å². The standard InChI is InChI=1S/C10H6BrFN2O/c11-8-2-1-6(9(12)4-8)3-7(5-13)10(14)15/h1-4H,(H2,14,15). The number of carbonyl (C=O) groups excluding carboxylic acids is 1. The van der Waals surface area contributed by atoms with Crippen molar-refractivity contribution in [3.63, 3.8) is 0 Å². The van der Waals surface area contributed by atoms with Gasteiger partial charge in [0.1, 0.15) is 17.5 Å². The van der Waals surface area contributed by atoms with Crippen LogP contribution in [0.5, 0.6) is 0 Å². The topological polar surface area (TPSA) is 66.9 Å². The molecule has 76 valence electrons. The quantitative estimate of drug-likeness (QED) is 0.658. The van der Waals surface area contributed by atoms with Crippen LogP contribution in [-0.4, -0.2) is 5.91 Å². The summed E-state index contributed by atoms with van der Waals surface area (Å²) in [6, 6.07) is 5.88. The van der Waals surface area contributed by atoms with E-state index in [1.54, 1.807) is 12.1 Å². The highest BCUT2D eigenvalue weighted by Crippen LogP contribution is 2.17. The van der Waals surface area contributed by atoms with Gasteiger partial charge in [0.2, 0.25) is 0 Å². The van der Waals surface area contributed by atoms with Gasteiger partial charge in [0, 0.05) is 10.0 Å². The second-order valence-corrected chi connectivity index (χ2v) is 3.62. The molecule has 3 nitrogen and oxygen atoms in total. The minimum absolute atomic E-state index is 0.147. The van der Waals surface area contributed by atoms with Crippen molar-refractivity contribution in [1.29, 1.82) is 5.26 Å². The van der Waals surface area contributed by atoms with Gasteiger partial charge >= 0.3 is 0 Å². The number of amides is 1. The Hall–Kier alpha value is -1.67. The van der Waals surface area contributed by atoms with E-state index < -0.39 is 11.7 Å². The van der Waals surface area contributed by atoms with Crippen LogP contribution in [-0.2, 0) is 4.79 Å². The minimum Gasteiger partial charge on any atom is -0.365 e. The Balaban J connectivity index is 3.19. The average molecular weight is 269 g/mol. The molecule has 0 atom stereocenters. The third-order valence-corrected chi connectivity index (χ3v) is 2.14. The lowest BCUT2D eigenvalue weighted by molar-refractivity contribution is -0.114. The summed E-state index contributed by atoms with van der Waals surface area (Å²) in [5, 5.41) is 8.55. The van der Waals surface area contributed by atoms with Crippen LogP contribution in [0.15, 0.2) is 28.2 Å². The van der Waals surface area contributed by atoms with Gasteiger partial charge in [0.25, 0.3) is 5.91 Å². The lowest BCUT2D eigenvalue weighted by Gasteiger charge is -1.98. The van der Waals surface area contributed by atoms with E-state index >= 15 is 0 Å². The number of benzene rings is 1. The summed E-state index contributed by atoms with van der Waals surface area (Å²) in [6.45, 7) is 0. The maximum Gasteiger partial charge on any atom is 0.259 e. The van der Waals surface area contributed by atoms with Gasteiger partial charge in [-0.05, 0) is 18.2 Å². The van der Waals surface area contributed by atoms with Crippen molar-refractivity contribution in [3.05, 3.63) is 39.6 Å². The maximum absolute atomic E-state index is 13.3. The SMILES string of the molecule is N#CC(=Cc1ccc(Br)cc1F)C(N)=O. The molecule has 2 N–H and O–H groups in total. The van der Waals surface area contributed by atoms with Crippen LogP contribution in [0.3, 0.4) is 0 Å². The Labute approximate surface area is 94.1 Å². The monoisotopic (exact) mass is 268 g/mol. The third-order valence-electron chi connectivity index (χ3n) is 1.65. The zero-order valence-corrected chi connectivity index (χ0v) is 9.08. The Kier molecular flexibility index (Phi) is 3.58. The van der Waals surface area contributed by atoms with E-state index in [0.29, 0.717) is 4.47 Å². The molecule has 5 heteroatoms. The predicted molar refractivity (Wildman–Crippen MR) is 56.9 cm³/mol. The van der Waals surface area contributed by atoms with Gasteiger partial charge in [-0.1, -0.05) is 22.0 Å². The zero-order valence-electron chi connectivity index (χ0n) is 7.50. The normalized spacial score (nSPS) is 10.9. The minimum atomic E-state index is -0.875. The van der Waals surface area contributed by atoms with Crippen LogP contribution in [0, 0.1) is 17.1 Å². The molecule has 1 rings (SSSR count). The Morgan fingerprint density at radius 2 is 2.27 bits per heavy atom. The first kappa shape index (κ1) is 11.4. The van der Waals surface area contributed by atoms with Gasteiger partial charge in [0.15, 0.2) is 0 Å². The maximum atomic E-state index is 13.3. The fourth-order valence-corrected chi connectivity index (χ4v) is 1.27. The Morgan fingerprint density at radius 1 is 1.60 bits per heavy atom. The van der Waals surface area contributed by atoms with Gasteiger partial charge in [-0.3, -0.25) is 4.79 Å². The predicted octanol–water partition coefficient (Wildman–Crippen LogP) is 1.98. The molecule has 0 fully saturated rings.